The monoisotopic (exact) mass is 254 g/mol. The van der Waals surface area contributed by atoms with Crippen molar-refractivity contribution in [2.24, 2.45) is 11.8 Å². The summed E-state index contributed by atoms with van der Waals surface area (Å²) < 4.78 is 0. The van der Waals surface area contributed by atoms with Crippen LogP contribution >= 0.6 is 11.6 Å². The summed E-state index contributed by atoms with van der Waals surface area (Å²) in [5, 5.41) is 9.89. The van der Waals surface area contributed by atoms with Gasteiger partial charge in [-0.05, 0) is 36.5 Å². The maximum atomic E-state index is 11.2. The Morgan fingerprint density at radius 1 is 1.35 bits per heavy atom. The van der Waals surface area contributed by atoms with Crippen molar-refractivity contribution in [2.45, 2.75) is 33.1 Å². The van der Waals surface area contributed by atoms with Gasteiger partial charge in [-0.3, -0.25) is 4.79 Å². The number of benzene rings is 1. The molecule has 0 amide bonds. The molecule has 2 atom stereocenters. The average molecular weight is 255 g/mol. The minimum atomic E-state index is -0.708. The Kier molecular flexibility index (Phi) is 5.49. The molecule has 0 aliphatic heterocycles. The van der Waals surface area contributed by atoms with E-state index in [0.29, 0.717) is 17.4 Å². The third kappa shape index (κ3) is 4.78. The van der Waals surface area contributed by atoms with E-state index < -0.39 is 5.97 Å². The number of carboxylic acid groups (broad SMARTS) is 1. The first-order valence-corrected chi connectivity index (χ1v) is 6.38. The van der Waals surface area contributed by atoms with E-state index in [9.17, 15) is 9.90 Å². The molecular formula is C14H19ClO2. The fraction of sp³-hybridized carbons (Fsp3) is 0.500. The third-order valence-electron chi connectivity index (χ3n) is 3.13. The number of halogens is 1. The minimum absolute atomic E-state index is 0.300. The van der Waals surface area contributed by atoms with E-state index in [1.165, 1.54) is 0 Å². The molecule has 1 N–H and O–H groups in total. The molecule has 0 spiro atoms. The maximum Gasteiger partial charge on any atom is 0.306 e. The SMILES string of the molecule is CCC(C)CC(Cc1ccc(Cl)cc1)C(=O)O. The molecule has 0 fully saturated rings. The lowest BCUT2D eigenvalue weighted by atomic mass is 9.89. The molecule has 0 aliphatic carbocycles. The Hall–Kier alpha value is -1.02. The molecule has 1 rings (SSSR count). The number of rotatable bonds is 6. The molecule has 1 aromatic rings. The molecule has 3 heteroatoms. The second kappa shape index (κ2) is 6.65. The highest BCUT2D eigenvalue weighted by molar-refractivity contribution is 6.30. The highest BCUT2D eigenvalue weighted by Gasteiger charge is 2.20. The number of carbonyl (C=O) groups is 1. The summed E-state index contributed by atoms with van der Waals surface area (Å²) in [6.45, 7) is 4.18. The lowest BCUT2D eigenvalue weighted by molar-refractivity contribution is -0.142. The van der Waals surface area contributed by atoms with Gasteiger partial charge in [0.2, 0.25) is 0 Å². The lowest BCUT2D eigenvalue weighted by Crippen LogP contribution is -2.19. The van der Waals surface area contributed by atoms with Crippen molar-refractivity contribution in [3.63, 3.8) is 0 Å². The summed E-state index contributed by atoms with van der Waals surface area (Å²) in [7, 11) is 0. The van der Waals surface area contributed by atoms with E-state index in [4.69, 9.17) is 11.6 Å². The first-order valence-electron chi connectivity index (χ1n) is 6.00. The lowest BCUT2D eigenvalue weighted by Gasteiger charge is -2.16. The second-order valence-corrected chi connectivity index (χ2v) is 5.05. The normalized spacial score (nSPS) is 14.3. The van der Waals surface area contributed by atoms with Crippen molar-refractivity contribution < 1.29 is 9.90 Å². The van der Waals surface area contributed by atoms with Gasteiger partial charge in [-0.2, -0.15) is 0 Å². The first kappa shape index (κ1) is 14.0. The van der Waals surface area contributed by atoms with Gasteiger partial charge in [-0.1, -0.05) is 44.0 Å². The van der Waals surface area contributed by atoms with Gasteiger partial charge in [-0.25, -0.2) is 0 Å². The predicted molar refractivity (Wildman–Crippen MR) is 70.4 cm³/mol. The molecule has 2 unspecified atom stereocenters. The van der Waals surface area contributed by atoms with Gasteiger partial charge in [0.25, 0.3) is 0 Å². The van der Waals surface area contributed by atoms with E-state index in [0.717, 1.165) is 18.4 Å². The summed E-state index contributed by atoms with van der Waals surface area (Å²) in [6.07, 6.45) is 2.33. The van der Waals surface area contributed by atoms with Gasteiger partial charge < -0.3 is 5.11 Å². The van der Waals surface area contributed by atoms with Crippen molar-refractivity contribution in [2.75, 3.05) is 0 Å². The molecule has 17 heavy (non-hydrogen) atoms. The molecular weight excluding hydrogens is 236 g/mol. The van der Waals surface area contributed by atoms with E-state index in [1.54, 1.807) is 12.1 Å². The van der Waals surface area contributed by atoms with Crippen molar-refractivity contribution in [3.05, 3.63) is 34.9 Å². The van der Waals surface area contributed by atoms with E-state index >= 15 is 0 Å². The zero-order valence-electron chi connectivity index (χ0n) is 10.3. The van der Waals surface area contributed by atoms with Crippen LogP contribution in [0.3, 0.4) is 0 Å². The Labute approximate surface area is 108 Å². The summed E-state index contributed by atoms with van der Waals surface area (Å²) in [4.78, 5) is 11.2. The summed E-state index contributed by atoms with van der Waals surface area (Å²) in [5.41, 5.74) is 1.03. The molecule has 0 bridgehead atoms. The molecule has 0 saturated heterocycles. The van der Waals surface area contributed by atoms with Crippen LogP contribution in [-0.2, 0) is 11.2 Å². The van der Waals surface area contributed by atoms with Crippen molar-refractivity contribution >= 4 is 17.6 Å². The van der Waals surface area contributed by atoms with Crippen LogP contribution < -0.4 is 0 Å². The second-order valence-electron chi connectivity index (χ2n) is 4.61. The van der Waals surface area contributed by atoms with Gasteiger partial charge in [-0.15, -0.1) is 0 Å². The van der Waals surface area contributed by atoms with Crippen LogP contribution in [-0.4, -0.2) is 11.1 Å². The van der Waals surface area contributed by atoms with Crippen molar-refractivity contribution in [1.29, 1.82) is 0 Å². The maximum absolute atomic E-state index is 11.2. The fourth-order valence-corrected chi connectivity index (χ4v) is 1.95. The first-order chi connectivity index (χ1) is 8.02. The highest BCUT2D eigenvalue weighted by atomic mass is 35.5. The zero-order chi connectivity index (χ0) is 12.8. The Balaban J connectivity index is 2.66. The van der Waals surface area contributed by atoms with E-state index in [-0.39, 0.29) is 5.92 Å². The van der Waals surface area contributed by atoms with Crippen LogP contribution in [0, 0.1) is 11.8 Å². The number of hydrogen-bond acceptors (Lipinski definition) is 1. The molecule has 2 nitrogen and oxygen atoms in total. The molecule has 0 aromatic heterocycles. The predicted octanol–water partition coefficient (Wildman–Crippen LogP) is 4.02. The van der Waals surface area contributed by atoms with Crippen LogP contribution in [0.2, 0.25) is 5.02 Å². The topological polar surface area (TPSA) is 37.3 Å². The fourth-order valence-electron chi connectivity index (χ4n) is 1.83. The van der Waals surface area contributed by atoms with Gasteiger partial charge in [0.05, 0.1) is 5.92 Å². The summed E-state index contributed by atoms with van der Waals surface area (Å²) in [5.74, 6) is -0.560. The van der Waals surface area contributed by atoms with Crippen LogP contribution in [0.1, 0.15) is 32.3 Å². The minimum Gasteiger partial charge on any atom is -0.481 e. The molecule has 94 valence electrons. The molecule has 0 saturated carbocycles. The van der Waals surface area contributed by atoms with E-state index in [1.807, 2.05) is 12.1 Å². The summed E-state index contributed by atoms with van der Waals surface area (Å²) >= 11 is 5.80. The number of aliphatic carboxylic acids is 1. The standard InChI is InChI=1S/C14H19ClO2/c1-3-10(2)8-12(14(16)17)9-11-4-6-13(15)7-5-11/h4-7,10,12H,3,8-9H2,1-2H3,(H,16,17). The molecule has 0 radical (unpaired) electrons. The third-order valence-corrected chi connectivity index (χ3v) is 3.38. The Bertz CT molecular complexity index is 359. The molecule has 0 heterocycles. The molecule has 1 aromatic carbocycles. The Morgan fingerprint density at radius 2 is 1.94 bits per heavy atom. The summed E-state index contributed by atoms with van der Waals surface area (Å²) in [6, 6.07) is 7.40. The van der Waals surface area contributed by atoms with Crippen molar-refractivity contribution in [1.82, 2.24) is 0 Å². The number of carboxylic acids is 1. The van der Waals surface area contributed by atoms with Gasteiger partial charge in [0.1, 0.15) is 0 Å². The van der Waals surface area contributed by atoms with Crippen LogP contribution in [0.25, 0.3) is 0 Å². The van der Waals surface area contributed by atoms with Gasteiger partial charge in [0, 0.05) is 5.02 Å². The van der Waals surface area contributed by atoms with Gasteiger partial charge >= 0.3 is 5.97 Å². The number of hydrogen-bond donors (Lipinski definition) is 1. The highest BCUT2D eigenvalue weighted by Crippen LogP contribution is 2.20. The Morgan fingerprint density at radius 3 is 2.41 bits per heavy atom. The quantitative estimate of drug-likeness (QED) is 0.833. The van der Waals surface area contributed by atoms with Crippen LogP contribution in [0.5, 0.6) is 0 Å². The van der Waals surface area contributed by atoms with E-state index in [2.05, 4.69) is 13.8 Å². The van der Waals surface area contributed by atoms with Gasteiger partial charge in [0.15, 0.2) is 0 Å². The van der Waals surface area contributed by atoms with Crippen LogP contribution in [0.15, 0.2) is 24.3 Å². The molecule has 0 aliphatic rings. The van der Waals surface area contributed by atoms with Crippen molar-refractivity contribution in [3.8, 4) is 0 Å². The largest absolute Gasteiger partial charge is 0.481 e. The zero-order valence-corrected chi connectivity index (χ0v) is 11.1. The average Bonchev–Trinajstić information content (AvgIpc) is 2.30. The van der Waals surface area contributed by atoms with Crippen LogP contribution in [0.4, 0.5) is 0 Å². The smallest absolute Gasteiger partial charge is 0.306 e.